The van der Waals surface area contributed by atoms with Gasteiger partial charge in [0, 0.05) is 6.42 Å². The van der Waals surface area contributed by atoms with Gasteiger partial charge in [-0.25, -0.2) is 0 Å². The number of nitrogens with zero attached hydrogens (tertiary/aromatic N) is 1. The quantitative estimate of drug-likeness (QED) is 0.0272. The summed E-state index contributed by atoms with van der Waals surface area (Å²) in [5.74, 6) is -0.180. The Balaban J connectivity index is 4.17. The van der Waals surface area contributed by atoms with E-state index in [1.807, 2.05) is 21.1 Å². The van der Waals surface area contributed by atoms with Crippen molar-refractivity contribution in [2.75, 3.05) is 40.9 Å². The zero-order valence-electron chi connectivity index (χ0n) is 46.4. The van der Waals surface area contributed by atoms with E-state index in [-0.39, 0.29) is 19.1 Å². The fourth-order valence-electron chi connectivity index (χ4n) is 7.80. The van der Waals surface area contributed by atoms with Crippen molar-refractivity contribution in [2.45, 2.75) is 238 Å². The topological polar surface area (TPSA) is 108 Å². The first-order valence-corrected chi connectivity index (χ1v) is 30.2. The van der Waals surface area contributed by atoms with Crippen molar-refractivity contribution in [3.05, 3.63) is 109 Å². The molecule has 0 rings (SSSR count). The number of hydrogen-bond donors (Lipinski definition) is 2. The normalized spacial score (nSPS) is 14.7. The lowest BCUT2D eigenvalue weighted by atomic mass is 10.0. The summed E-state index contributed by atoms with van der Waals surface area (Å²) in [6.07, 6.45) is 75.4. The molecule has 2 N–H and O–H groups in total. The van der Waals surface area contributed by atoms with E-state index < -0.39 is 20.0 Å². The first-order chi connectivity index (χ1) is 34.5. The van der Waals surface area contributed by atoms with Gasteiger partial charge in [0.25, 0.3) is 7.82 Å². The molecule has 0 radical (unpaired) electrons. The van der Waals surface area contributed by atoms with Gasteiger partial charge in [0.05, 0.1) is 39.9 Å². The zero-order chi connectivity index (χ0) is 52.0. The summed E-state index contributed by atoms with van der Waals surface area (Å²) in [5.41, 5.74) is 0. The highest BCUT2D eigenvalue weighted by Crippen LogP contribution is 2.38. The molecule has 0 aromatic rings. The summed E-state index contributed by atoms with van der Waals surface area (Å²) in [7, 11) is 1.28. The van der Waals surface area contributed by atoms with Gasteiger partial charge in [-0.2, -0.15) is 0 Å². The van der Waals surface area contributed by atoms with Crippen molar-refractivity contribution < 1.29 is 32.9 Å². The third-order valence-electron chi connectivity index (χ3n) is 12.3. The summed E-state index contributed by atoms with van der Waals surface area (Å²) in [5, 5.41) is 14.0. The van der Waals surface area contributed by atoms with Crippen LogP contribution >= 0.6 is 7.82 Å². The summed E-state index contributed by atoms with van der Waals surface area (Å²) >= 11 is 0. The number of aliphatic hydroxyl groups excluding tert-OH is 1. The van der Waals surface area contributed by atoms with Crippen LogP contribution in [0.1, 0.15) is 226 Å². The van der Waals surface area contributed by atoms with Crippen LogP contribution in [-0.2, 0) is 18.4 Å². The molecular formula is C62H109N2O6P. The molecule has 3 unspecified atom stereocenters. The lowest BCUT2D eigenvalue weighted by Gasteiger charge is -2.30. The number of carbonyl (C=O) groups excluding carboxylic acids is 1. The van der Waals surface area contributed by atoms with Gasteiger partial charge >= 0.3 is 0 Å². The van der Waals surface area contributed by atoms with Crippen LogP contribution in [-0.4, -0.2) is 68.5 Å². The maximum atomic E-state index is 13.0. The van der Waals surface area contributed by atoms with Crippen LogP contribution in [0.25, 0.3) is 0 Å². The minimum absolute atomic E-state index is 0.00452. The molecule has 71 heavy (non-hydrogen) atoms. The third-order valence-corrected chi connectivity index (χ3v) is 13.2. The maximum absolute atomic E-state index is 13.0. The molecule has 0 aromatic carbocycles. The molecule has 0 aliphatic rings. The lowest BCUT2D eigenvalue weighted by molar-refractivity contribution is -0.870. The fraction of sp³-hybridized carbons (Fsp3) is 0.694. The number of unbranched alkanes of at least 4 members (excludes halogenated alkanes) is 20. The fourth-order valence-corrected chi connectivity index (χ4v) is 8.52. The van der Waals surface area contributed by atoms with Gasteiger partial charge in [0.1, 0.15) is 13.2 Å². The largest absolute Gasteiger partial charge is 0.756 e. The van der Waals surface area contributed by atoms with E-state index in [4.69, 9.17) is 9.05 Å². The SMILES string of the molecule is CC/C=C\C/C=C\C/C=C\C/C=C\C/C=C\C/C=C\C/C=C\C/C=C\C/C=C\CCCCCCCCCC(=O)NC(COP(=O)([O-])OCC[N+](C)(C)C)C(O)CCCCCCCCCCCCCCCC. The number of phosphoric ester groups is 1. The van der Waals surface area contributed by atoms with E-state index in [9.17, 15) is 19.4 Å². The molecule has 0 aromatic heterocycles. The van der Waals surface area contributed by atoms with Gasteiger partial charge in [-0.15, -0.1) is 0 Å². The van der Waals surface area contributed by atoms with Crippen molar-refractivity contribution in [3.63, 3.8) is 0 Å². The molecule has 0 bridgehead atoms. The van der Waals surface area contributed by atoms with Gasteiger partial charge in [-0.05, 0) is 83.5 Å². The molecule has 0 aliphatic heterocycles. The Morgan fingerprint density at radius 1 is 0.507 bits per heavy atom. The van der Waals surface area contributed by atoms with Gasteiger partial charge in [-0.1, -0.05) is 245 Å². The highest BCUT2D eigenvalue weighted by molar-refractivity contribution is 7.45. The summed E-state index contributed by atoms with van der Waals surface area (Å²) in [6.45, 7) is 4.59. The average Bonchev–Trinajstić information content (AvgIpc) is 3.33. The third kappa shape index (κ3) is 54.8. The summed E-state index contributed by atoms with van der Waals surface area (Å²) in [4.78, 5) is 25.5. The van der Waals surface area contributed by atoms with Gasteiger partial charge in [0.2, 0.25) is 5.91 Å². The number of allylic oxidation sites excluding steroid dienone is 18. The van der Waals surface area contributed by atoms with Gasteiger partial charge in [-0.3, -0.25) is 9.36 Å². The summed E-state index contributed by atoms with van der Waals surface area (Å²) < 4.78 is 23.4. The van der Waals surface area contributed by atoms with Crippen molar-refractivity contribution in [1.29, 1.82) is 0 Å². The van der Waals surface area contributed by atoms with Crippen molar-refractivity contribution in [2.24, 2.45) is 0 Å². The first-order valence-electron chi connectivity index (χ1n) is 28.7. The molecule has 0 fully saturated rings. The van der Waals surface area contributed by atoms with E-state index in [1.165, 1.54) is 89.9 Å². The Morgan fingerprint density at radius 2 is 0.859 bits per heavy atom. The highest BCUT2D eigenvalue weighted by Gasteiger charge is 2.24. The number of likely N-dealkylation sites (N-methyl/N-ethyl adjacent to an activating group) is 1. The van der Waals surface area contributed by atoms with Crippen LogP contribution in [0, 0.1) is 0 Å². The Hall–Kier alpha value is -2.84. The van der Waals surface area contributed by atoms with Crippen LogP contribution in [0.3, 0.4) is 0 Å². The Kier molecular flexibility index (Phi) is 50.0. The molecule has 8 nitrogen and oxygen atoms in total. The molecule has 0 saturated heterocycles. The van der Waals surface area contributed by atoms with Crippen LogP contribution in [0.5, 0.6) is 0 Å². The van der Waals surface area contributed by atoms with E-state index in [2.05, 4.69) is 129 Å². The second-order valence-electron chi connectivity index (χ2n) is 20.3. The second kappa shape index (κ2) is 52.0. The zero-order valence-corrected chi connectivity index (χ0v) is 47.3. The standard InChI is InChI=1S/C62H109N2O6P/c1-6-8-10-12-14-16-18-20-22-23-24-25-26-27-28-29-30-31-32-33-34-35-36-37-38-39-40-41-42-44-46-48-50-52-54-56-62(66)63-60(59-70-71(67,68)69-58-57-64(3,4)5)61(65)55-53-51-49-47-45-43-21-19-17-15-13-11-9-7-2/h8,10,14,16,20,22,24-25,27-28,30-31,33-34,36-37,39-40,60-61,65H,6-7,9,11-13,15,17-19,21,23,26,29,32,35,38,41-59H2,1-5H3,(H-,63,66,67,68)/b10-8-,16-14-,22-20-,25-24-,28-27-,31-30-,34-33-,37-36-,40-39-. The number of nitrogens with one attached hydrogen (secondary N) is 1. The van der Waals surface area contributed by atoms with Gasteiger partial charge < -0.3 is 28.8 Å². The Bertz CT molecular complexity index is 1520. The van der Waals surface area contributed by atoms with Crippen molar-refractivity contribution in [3.8, 4) is 0 Å². The number of quaternary nitrogens is 1. The van der Waals surface area contributed by atoms with Crippen molar-refractivity contribution >= 4 is 13.7 Å². The molecule has 408 valence electrons. The van der Waals surface area contributed by atoms with Crippen LogP contribution in [0.4, 0.5) is 0 Å². The number of carbonyl (C=O) groups is 1. The number of hydrogen-bond acceptors (Lipinski definition) is 6. The lowest BCUT2D eigenvalue weighted by Crippen LogP contribution is -2.46. The number of aliphatic hydroxyl groups is 1. The molecule has 0 aliphatic carbocycles. The van der Waals surface area contributed by atoms with E-state index in [0.717, 1.165) is 109 Å². The van der Waals surface area contributed by atoms with E-state index in [0.29, 0.717) is 23.9 Å². The minimum atomic E-state index is -4.58. The highest BCUT2D eigenvalue weighted by atomic mass is 31.2. The second-order valence-corrected chi connectivity index (χ2v) is 21.7. The number of phosphoric acid groups is 1. The van der Waals surface area contributed by atoms with Gasteiger partial charge in [0.15, 0.2) is 0 Å². The predicted octanol–water partition coefficient (Wildman–Crippen LogP) is 17.0. The summed E-state index contributed by atoms with van der Waals surface area (Å²) in [6, 6.07) is -0.814. The van der Waals surface area contributed by atoms with E-state index in [1.54, 1.807) is 0 Å². The van der Waals surface area contributed by atoms with Crippen LogP contribution < -0.4 is 10.2 Å². The average molecular weight is 1010 g/mol. The molecule has 9 heteroatoms. The van der Waals surface area contributed by atoms with Crippen LogP contribution in [0.15, 0.2) is 109 Å². The first kappa shape index (κ1) is 68.2. The Labute approximate surface area is 438 Å². The molecule has 0 heterocycles. The molecular weight excluding hydrogens is 900 g/mol. The molecule has 0 spiro atoms. The number of rotatable bonds is 51. The monoisotopic (exact) mass is 1010 g/mol. The maximum Gasteiger partial charge on any atom is 0.268 e. The van der Waals surface area contributed by atoms with Crippen molar-refractivity contribution in [1.82, 2.24) is 5.32 Å². The molecule has 0 saturated carbocycles. The van der Waals surface area contributed by atoms with E-state index >= 15 is 0 Å². The number of amides is 1. The Morgan fingerprint density at radius 3 is 1.25 bits per heavy atom. The predicted molar refractivity (Wildman–Crippen MR) is 306 cm³/mol. The smallest absolute Gasteiger partial charge is 0.268 e. The molecule has 1 amide bonds. The molecule has 3 atom stereocenters. The van der Waals surface area contributed by atoms with Crippen LogP contribution in [0.2, 0.25) is 0 Å². The minimum Gasteiger partial charge on any atom is -0.756 e.